The van der Waals surface area contributed by atoms with Crippen LogP contribution in [0.1, 0.15) is 38.5 Å². The van der Waals surface area contributed by atoms with Crippen molar-refractivity contribution in [2.24, 2.45) is 0 Å². The first kappa shape index (κ1) is 16.0. The number of carboxylic acids is 2. The summed E-state index contributed by atoms with van der Waals surface area (Å²) in [6, 6.07) is 0. The number of aliphatic carboxylic acids is 2. The predicted octanol–water partition coefficient (Wildman–Crippen LogP) is 2.79. The molecule has 0 heterocycles. The van der Waals surface area contributed by atoms with Gasteiger partial charge in [-0.05, 0) is 31.3 Å². The zero-order valence-corrected chi connectivity index (χ0v) is 11.0. The number of carbonyl (C=O) groups is 2. The van der Waals surface area contributed by atoms with Gasteiger partial charge < -0.3 is 10.2 Å². The summed E-state index contributed by atoms with van der Waals surface area (Å²) < 4.78 is 0. The number of thioether (sulfide) groups is 1. The fourth-order valence-corrected chi connectivity index (χ4v) is 1.97. The average Bonchev–Trinajstić information content (AvgIpc) is 2.25. The third-order valence-electron chi connectivity index (χ3n) is 2.37. The second-order valence-electron chi connectivity index (χ2n) is 3.82. The molecule has 4 nitrogen and oxygen atoms in total. The van der Waals surface area contributed by atoms with Crippen molar-refractivity contribution in [2.45, 2.75) is 38.5 Å². The lowest BCUT2D eigenvalue weighted by molar-refractivity contribution is -0.135. The normalized spacial score (nSPS) is 11.5. The smallest absolute Gasteiger partial charge is 0.331 e. The Morgan fingerprint density at radius 2 is 1.65 bits per heavy atom. The highest BCUT2D eigenvalue weighted by Crippen LogP contribution is 2.12. The first-order chi connectivity index (χ1) is 8.07. The molecule has 0 unspecified atom stereocenters. The van der Waals surface area contributed by atoms with Crippen molar-refractivity contribution in [1.29, 1.82) is 0 Å². The van der Waals surface area contributed by atoms with Crippen LogP contribution in [0.15, 0.2) is 11.6 Å². The van der Waals surface area contributed by atoms with Crippen molar-refractivity contribution < 1.29 is 19.8 Å². The molecule has 5 heteroatoms. The van der Waals surface area contributed by atoms with Crippen molar-refractivity contribution in [1.82, 2.24) is 0 Å². The third-order valence-corrected chi connectivity index (χ3v) is 3.06. The maximum absolute atomic E-state index is 10.7. The molecule has 0 aliphatic heterocycles. The van der Waals surface area contributed by atoms with Gasteiger partial charge in [-0.15, -0.1) is 0 Å². The van der Waals surface area contributed by atoms with Gasteiger partial charge in [-0.2, -0.15) is 11.8 Å². The highest BCUT2D eigenvalue weighted by Gasteiger charge is 2.08. The largest absolute Gasteiger partial charge is 0.478 e. The second-order valence-corrected chi connectivity index (χ2v) is 4.81. The van der Waals surface area contributed by atoms with Gasteiger partial charge in [0, 0.05) is 11.6 Å². The Morgan fingerprint density at radius 3 is 2.18 bits per heavy atom. The van der Waals surface area contributed by atoms with Crippen LogP contribution in [-0.2, 0) is 9.59 Å². The van der Waals surface area contributed by atoms with E-state index in [4.69, 9.17) is 10.2 Å². The van der Waals surface area contributed by atoms with Crippen LogP contribution >= 0.6 is 11.8 Å². The van der Waals surface area contributed by atoms with Crippen LogP contribution in [0.2, 0.25) is 0 Å². The fourth-order valence-electron chi connectivity index (χ4n) is 1.48. The molecule has 0 radical (unpaired) electrons. The fraction of sp³-hybridized carbons (Fsp3) is 0.667. The average molecular weight is 260 g/mol. The molecule has 0 aliphatic carbocycles. The third kappa shape index (κ3) is 9.93. The van der Waals surface area contributed by atoms with E-state index in [0.717, 1.165) is 31.8 Å². The molecular formula is C12H20O4S. The highest BCUT2D eigenvalue weighted by molar-refractivity contribution is 7.98. The summed E-state index contributed by atoms with van der Waals surface area (Å²) in [6.07, 6.45) is 8.34. The van der Waals surface area contributed by atoms with Crippen molar-refractivity contribution in [3.05, 3.63) is 11.6 Å². The van der Waals surface area contributed by atoms with Crippen LogP contribution in [-0.4, -0.2) is 34.2 Å². The number of hydrogen-bond acceptors (Lipinski definition) is 3. The SMILES string of the molecule is CSCCCCCCC/C(=C/C(=O)O)C(=O)O. The topological polar surface area (TPSA) is 74.6 Å². The minimum absolute atomic E-state index is 0.0124. The predicted molar refractivity (Wildman–Crippen MR) is 69.4 cm³/mol. The Morgan fingerprint density at radius 1 is 1.06 bits per heavy atom. The number of hydrogen-bond donors (Lipinski definition) is 2. The van der Waals surface area contributed by atoms with Gasteiger partial charge in [0.25, 0.3) is 0 Å². The van der Waals surface area contributed by atoms with E-state index >= 15 is 0 Å². The molecule has 2 N–H and O–H groups in total. The number of rotatable bonds is 10. The molecule has 0 aromatic carbocycles. The Balaban J connectivity index is 3.70. The Kier molecular flexibility index (Phi) is 9.62. The molecule has 0 bridgehead atoms. The molecular weight excluding hydrogens is 240 g/mol. The highest BCUT2D eigenvalue weighted by atomic mass is 32.2. The molecule has 0 atom stereocenters. The molecule has 98 valence electrons. The summed E-state index contributed by atoms with van der Waals surface area (Å²) in [5, 5.41) is 17.3. The zero-order valence-electron chi connectivity index (χ0n) is 10.1. The van der Waals surface area contributed by atoms with Gasteiger partial charge in [0.1, 0.15) is 0 Å². The molecule has 0 aromatic heterocycles. The molecule has 0 saturated carbocycles. The molecule has 0 saturated heterocycles. The van der Waals surface area contributed by atoms with Gasteiger partial charge >= 0.3 is 11.9 Å². The van der Waals surface area contributed by atoms with E-state index in [1.807, 2.05) is 11.8 Å². The molecule has 0 spiro atoms. The van der Waals surface area contributed by atoms with E-state index < -0.39 is 11.9 Å². The lowest BCUT2D eigenvalue weighted by atomic mass is 10.1. The van der Waals surface area contributed by atoms with Crippen LogP contribution in [0.5, 0.6) is 0 Å². The zero-order chi connectivity index (χ0) is 13.1. The lowest BCUT2D eigenvalue weighted by Gasteiger charge is -2.02. The Hall–Kier alpha value is -0.970. The minimum Gasteiger partial charge on any atom is -0.478 e. The first-order valence-corrected chi connectivity index (χ1v) is 7.13. The van der Waals surface area contributed by atoms with Crippen LogP contribution in [0.25, 0.3) is 0 Å². The van der Waals surface area contributed by atoms with Crippen LogP contribution in [0.4, 0.5) is 0 Å². The summed E-state index contributed by atoms with van der Waals surface area (Å²) >= 11 is 1.83. The van der Waals surface area contributed by atoms with Gasteiger partial charge in [0.05, 0.1) is 0 Å². The Bertz CT molecular complexity index is 274. The standard InChI is InChI=1S/C12H20O4S/c1-17-8-6-4-2-3-5-7-10(12(15)16)9-11(13)14/h9H,2-8H2,1H3,(H,13,14)(H,15,16)/b10-9-. The summed E-state index contributed by atoms with van der Waals surface area (Å²) in [6.45, 7) is 0. The summed E-state index contributed by atoms with van der Waals surface area (Å²) in [7, 11) is 0. The van der Waals surface area contributed by atoms with Gasteiger partial charge in [-0.1, -0.05) is 19.3 Å². The monoisotopic (exact) mass is 260 g/mol. The molecule has 0 aromatic rings. The van der Waals surface area contributed by atoms with E-state index in [1.54, 1.807) is 0 Å². The summed E-state index contributed by atoms with van der Waals surface area (Å²) in [5.74, 6) is -1.16. The summed E-state index contributed by atoms with van der Waals surface area (Å²) in [4.78, 5) is 21.1. The van der Waals surface area contributed by atoms with Crippen molar-refractivity contribution in [3.8, 4) is 0 Å². The number of carboxylic acid groups (broad SMARTS) is 2. The van der Waals surface area contributed by atoms with Crippen molar-refractivity contribution in [3.63, 3.8) is 0 Å². The maximum Gasteiger partial charge on any atom is 0.331 e. The van der Waals surface area contributed by atoms with Gasteiger partial charge in [-0.3, -0.25) is 0 Å². The van der Waals surface area contributed by atoms with E-state index in [1.165, 1.54) is 12.2 Å². The molecule has 0 aliphatic rings. The Labute approximate surface area is 106 Å². The second kappa shape index (κ2) is 10.2. The van der Waals surface area contributed by atoms with E-state index in [-0.39, 0.29) is 5.57 Å². The van der Waals surface area contributed by atoms with E-state index in [0.29, 0.717) is 6.42 Å². The minimum atomic E-state index is -1.19. The molecule has 0 rings (SSSR count). The summed E-state index contributed by atoms with van der Waals surface area (Å²) in [5.41, 5.74) is -0.0124. The lowest BCUT2D eigenvalue weighted by Crippen LogP contribution is -2.04. The van der Waals surface area contributed by atoms with Crippen LogP contribution in [0.3, 0.4) is 0 Å². The van der Waals surface area contributed by atoms with E-state index in [2.05, 4.69) is 6.26 Å². The molecule has 0 fully saturated rings. The van der Waals surface area contributed by atoms with Crippen molar-refractivity contribution >= 4 is 23.7 Å². The maximum atomic E-state index is 10.7. The number of unbranched alkanes of at least 4 members (excludes halogenated alkanes) is 4. The first-order valence-electron chi connectivity index (χ1n) is 5.73. The molecule has 17 heavy (non-hydrogen) atoms. The van der Waals surface area contributed by atoms with E-state index in [9.17, 15) is 9.59 Å². The van der Waals surface area contributed by atoms with Gasteiger partial charge in [0.15, 0.2) is 0 Å². The van der Waals surface area contributed by atoms with Gasteiger partial charge in [0.2, 0.25) is 0 Å². The quantitative estimate of drug-likeness (QED) is 0.466. The van der Waals surface area contributed by atoms with Crippen molar-refractivity contribution in [2.75, 3.05) is 12.0 Å². The van der Waals surface area contributed by atoms with Crippen LogP contribution in [0, 0.1) is 0 Å². The van der Waals surface area contributed by atoms with Gasteiger partial charge in [-0.25, -0.2) is 9.59 Å². The van der Waals surface area contributed by atoms with Crippen LogP contribution < -0.4 is 0 Å². The molecule has 0 amide bonds.